The van der Waals surface area contributed by atoms with E-state index in [1.807, 2.05) is 18.2 Å². The van der Waals surface area contributed by atoms with Crippen LogP contribution in [0.5, 0.6) is 0 Å². The van der Waals surface area contributed by atoms with Crippen LogP contribution in [-0.4, -0.2) is 45.1 Å². The fourth-order valence-electron chi connectivity index (χ4n) is 4.15. The van der Waals surface area contributed by atoms with E-state index in [4.69, 9.17) is 0 Å². The zero-order chi connectivity index (χ0) is 24.8. The van der Waals surface area contributed by atoms with Gasteiger partial charge in [0.05, 0.1) is 21.9 Å². The van der Waals surface area contributed by atoms with Crippen molar-refractivity contribution in [3.63, 3.8) is 0 Å². The van der Waals surface area contributed by atoms with Gasteiger partial charge in [0.1, 0.15) is 0 Å². The molecule has 0 aliphatic carbocycles. The topological polar surface area (TPSA) is 95.6 Å². The smallest absolute Gasteiger partial charge is 0.255 e. The summed E-state index contributed by atoms with van der Waals surface area (Å²) in [6, 6.07) is 22.9. The average Bonchev–Trinajstić information content (AvgIpc) is 2.90. The number of amides is 2. The van der Waals surface area contributed by atoms with Gasteiger partial charge >= 0.3 is 0 Å². The van der Waals surface area contributed by atoms with Gasteiger partial charge in [0, 0.05) is 30.4 Å². The van der Waals surface area contributed by atoms with Gasteiger partial charge in [-0.1, -0.05) is 37.3 Å². The Bertz CT molecular complexity index is 1280. The molecule has 2 N–H and O–H groups in total. The molecular weight excluding hydrogens is 462 g/mol. The van der Waals surface area contributed by atoms with Crippen LogP contribution in [0.25, 0.3) is 0 Å². The highest BCUT2D eigenvalue weighted by molar-refractivity contribution is 7.91. The van der Waals surface area contributed by atoms with Gasteiger partial charge in [-0.05, 0) is 61.4 Å². The fraction of sp³-hybridized carbons (Fsp3) is 0.259. The zero-order valence-corrected chi connectivity index (χ0v) is 20.4. The Morgan fingerprint density at radius 1 is 0.857 bits per heavy atom. The van der Waals surface area contributed by atoms with Crippen LogP contribution in [0.4, 0.5) is 11.4 Å². The summed E-state index contributed by atoms with van der Waals surface area (Å²) in [5.41, 5.74) is 2.39. The first-order chi connectivity index (χ1) is 16.9. The molecule has 1 heterocycles. The number of anilines is 2. The van der Waals surface area contributed by atoms with Crippen molar-refractivity contribution >= 4 is 33.0 Å². The van der Waals surface area contributed by atoms with Gasteiger partial charge in [-0.3, -0.25) is 9.59 Å². The van der Waals surface area contributed by atoms with Crippen LogP contribution < -0.4 is 15.5 Å². The monoisotopic (exact) mass is 491 g/mol. The molecule has 1 fully saturated rings. The van der Waals surface area contributed by atoms with E-state index in [2.05, 4.69) is 15.5 Å². The van der Waals surface area contributed by atoms with Crippen molar-refractivity contribution in [1.82, 2.24) is 5.32 Å². The van der Waals surface area contributed by atoms with E-state index in [1.54, 1.807) is 67.6 Å². The van der Waals surface area contributed by atoms with Crippen molar-refractivity contribution in [1.29, 1.82) is 0 Å². The largest absolute Gasteiger partial charge is 0.371 e. The lowest BCUT2D eigenvalue weighted by Crippen LogP contribution is -2.44. The highest BCUT2D eigenvalue weighted by Crippen LogP contribution is 2.23. The van der Waals surface area contributed by atoms with Gasteiger partial charge in [0.2, 0.25) is 0 Å². The molecule has 7 nitrogen and oxygen atoms in total. The van der Waals surface area contributed by atoms with Crippen LogP contribution in [0.15, 0.2) is 83.8 Å². The van der Waals surface area contributed by atoms with Crippen LogP contribution in [-0.2, 0) is 9.84 Å². The summed E-state index contributed by atoms with van der Waals surface area (Å²) in [6.07, 6.45) is 1.53. The van der Waals surface area contributed by atoms with Gasteiger partial charge < -0.3 is 15.5 Å². The van der Waals surface area contributed by atoms with E-state index in [0.717, 1.165) is 31.6 Å². The van der Waals surface area contributed by atoms with Crippen LogP contribution in [0.2, 0.25) is 0 Å². The van der Waals surface area contributed by atoms with E-state index >= 15 is 0 Å². The Morgan fingerprint density at radius 3 is 2.14 bits per heavy atom. The van der Waals surface area contributed by atoms with Gasteiger partial charge in [0.15, 0.2) is 9.84 Å². The molecule has 4 rings (SSSR count). The minimum absolute atomic E-state index is 0.0105. The minimum Gasteiger partial charge on any atom is -0.371 e. The van der Waals surface area contributed by atoms with E-state index in [9.17, 15) is 18.0 Å². The number of para-hydroxylation sites is 1. The van der Waals surface area contributed by atoms with E-state index < -0.39 is 9.84 Å². The fourth-order valence-corrected chi connectivity index (χ4v) is 5.03. The van der Waals surface area contributed by atoms with Crippen molar-refractivity contribution in [3.8, 4) is 0 Å². The van der Waals surface area contributed by atoms with Gasteiger partial charge in [0.25, 0.3) is 11.8 Å². The number of hydrogen-bond donors (Lipinski definition) is 2. The molecule has 0 aromatic heterocycles. The molecule has 0 spiro atoms. The van der Waals surface area contributed by atoms with Crippen molar-refractivity contribution in [2.45, 2.75) is 30.7 Å². The second kappa shape index (κ2) is 10.7. The Balaban J connectivity index is 1.35. The maximum atomic E-state index is 13.0. The number of nitrogens with one attached hydrogen (secondary N) is 2. The summed E-state index contributed by atoms with van der Waals surface area (Å²) < 4.78 is 24.1. The minimum atomic E-state index is -3.21. The first kappa shape index (κ1) is 24.5. The van der Waals surface area contributed by atoms with E-state index in [0.29, 0.717) is 21.7 Å². The third kappa shape index (κ3) is 5.89. The second-order valence-electron chi connectivity index (χ2n) is 8.50. The summed E-state index contributed by atoms with van der Waals surface area (Å²) in [4.78, 5) is 28.1. The number of benzene rings is 3. The summed E-state index contributed by atoms with van der Waals surface area (Å²) in [5.74, 6) is -0.408. The molecule has 1 aliphatic heterocycles. The molecule has 3 aromatic rings. The van der Waals surface area contributed by atoms with Crippen molar-refractivity contribution in [2.75, 3.05) is 29.1 Å². The number of sulfone groups is 1. The lowest BCUT2D eigenvalue weighted by atomic mass is 10.0. The van der Waals surface area contributed by atoms with Gasteiger partial charge in [-0.15, -0.1) is 0 Å². The van der Waals surface area contributed by atoms with Crippen LogP contribution in [0.1, 0.15) is 40.5 Å². The molecule has 182 valence electrons. The first-order valence-electron chi connectivity index (χ1n) is 11.7. The van der Waals surface area contributed by atoms with Crippen molar-refractivity contribution in [2.24, 2.45) is 0 Å². The van der Waals surface area contributed by atoms with E-state index in [-0.39, 0.29) is 23.6 Å². The molecular formula is C27H29N3O4S. The predicted molar refractivity (Wildman–Crippen MR) is 138 cm³/mol. The molecule has 0 unspecified atom stereocenters. The number of piperidine rings is 1. The number of rotatable bonds is 7. The van der Waals surface area contributed by atoms with Crippen molar-refractivity contribution < 1.29 is 18.0 Å². The van der Waals surface area contributed by atoms with Crippen LogP contribution >= 0.6 is 0 Å². The maximum absolute atomic E-state index is 13.0. The molecule has 8 heteroatoms. The Hall–Kier alpha value is -3.65. The average molecular weight is 492 g/mol. The van der Waals surface area contributed by atoms with Crippen LogP contribution in [0, 0.1) is 0 Å². The summed E-state index contributed by atoms with van der Waals surface area (Å²) >= 11 is 0. The normalized spacial score (nSPS) is 14.4. The maximum Gasteiger partial charge on any atom is 0.255 e. The quantitative estimate of drug-likeness (QED) is 0.518. The van der Waals surface area contributed by atoms with Gasteiger partial charge in [-0.25, -0.2) is 8.42 Å². The molecule has 0 bridgehead atoms. The summed E-state index contributed by atoms with van der Waals surface area (Å²) in [5, 5.41) is 5.94. The molecule has 35 heavy (non-hydrogen) atoms. The summed E-state index contributed by atoms with van der Waals surface area (Å²) in [7, 11) is -3.21. The molecule has 1 saturated heterocycles. The third-order valence-electron chi connectivity index (χ3n) is 6.23. The van der Waals surface area contributed by atoms with Crippen LogP contribution in [0.3, 0.4) is 0 Å². The second-order valence-corrected chi connectivity index (χ2v) is 10.8. The van der Waals surface area contributed by atoms with Gasteiger partial charge in [-0.2, -0.15) is 0 Å². The predicted octanol–water partition coefficient (Wildman–Crippen LogP) is 4.13. The highest BCUT2D eigenvalue weighted by Gasteiger charge is 2.23. The molecule has 0 radical (unpaired) electrons. The standard InChI is InChI=1S/C27H29N3O4S/c1-2-35(33,34)23-14-12-22(13-15-23)30-18-16-21(17-19-30)28-27(32)24-10-6-7-11-25(24)29-26(31)20-8-4-3-5-9-20/h3-15,21H,2,16-19H2,1H3,(H,28,32)(H,29,31). The number of carbonyl (C=O) groups is 2. The third-order valence-corrected chi connectivity index (χ3v) is 7.98. The Morgan fingerprint density at radius 2 is 1.49 bits per heavy atom. The lowest BCUT2D eigenvalue weighted by Gasteiger charge is -2.34. The SMILES string of the molecule is CCS(=O)(=O)c1ccc(N2CCC(NC(=O)c3ccccc3NC(=O)c3ccccc3)CC2)cc1. The lowest BCUT2D eigenvalue weighted by molar-refractivity contribution is 0.0932. The number of hydrogen-bond acceptors (Lipinski definition) is 5. The van der Waals surface area contributed by atoms with Crippen molar-refractivity contribution in [3.05, 3.63) is 90.0 Å². The molecule has 0 saturated carbocycles. The Kier molecular flexibility index (Phi) is 7.51. The first-order valence-corrected chi connectivity index (χ1v) is 13.4. The Labute approximate surface area is 206 Å². The number of carbonyl (C=O) groups excluding carboxylic acids is 2. The number of nitrogens with zero attached hydrogens (tertiary/aromatic N) is 1. The summed E-state index contributed by atoms with van der Waals surface area (Å²) in [6.45, 7) is 3.13. The molecule has 3 aromatic carbocycles. The molecule has 0 atom stereocenters. The van der Waals surface area contributed by atoms with E-state index in [1.165, 1.54) is 0 Å². The molecule has 2 amide bonds. The highest BCUT2D eigenvalue weighted by atomic mass is 32.2. The zero-order valence-electron chi connectivity index (χ0n) is 19.6. The molecule has 1 aliphatic rings.